The molecule has 1 heterocycles. The fourth-order valence-electron chi connectivity index (χ4n) is 1.94. The van der Waals surface area contributed by atoms with Crippen molar-refractivity contribution in [3.63, 3.8) is 0 Å². The number of benzene rings is 1. The van der Waals surface area contributed by atoms with E-state index >= 15 is 0 Å². The van der Waals surface area contributed by atoms with Gasteiger partial charge in [0.25, 0.3) is 5.91 Å². The molecular formula is C15H18N2O4. The number of ether oxygens (including phenoxy) is 2. The smallest absolute Gasteiger partial charge is 0.273 e. The van der Waals surface area contributed by atoms with Crippen molar-refractivity contribution in [2.75, 3.05) is 14.2 Å². The number of carbonyl (C=O) groups is 1. The van der Waals surface area contributed by atoms with Crippen LogP contribution in [0, 0.1) is 6.92 Å². The molecule has 0 fully saturated rings. The number of aromatic nitrogens is 1. The first kappa shape index (κ1) is 14.9. The number of methoxy groups -OCH3 is 2. The molecule has 0 aliphatic carbocycles. The number of oxazole rings is 1. The van der Waals surface area contributed by atoms with Crippen molar-refractivity contribution in [1.82, 2.24) is 10.3 Å². The van der Waals surface area contributed by atoms with E-state index in [1.54, 1.807) is 27.2 Å². The summed E-state index contributed by atoms with van der Waals surface area (Å²) in [6.07, 6.45) is 1.34. The quantitative estimate of drug-likeness (QED) is 0.915. The maximum absolute atomic E-state index is 12.0. The van der Waals surface area contributed by atoms with E-state index in [1.165, 1.54) is 6.26 Å². The summed E-state index contributed by atoms with van der Waals surface area (Å²) in [7, 11) is 3.15. The molecule has 2 rings (SSSR count). The molecule has 0 aliphatic rings. The zero-order chi connectivity index (χ0) is 15.4. The first-order valence-corrected chi connectivity index (χ1v) is 6.50. The average molecular weight is 290 g/mol. The molecule has 0 bridgehead atoms. The molecule has 1 N–H and O–H groups in total. The summed E-state index contributed by atoms with van der Waals surface area (Å²) in [5, 5.41) is 2.86. The second-order valence-electron chi connectivity index (χ2n) is 4.56. The molecule has 112 valence electrons. The van der Waals surface area contributed by atoms with Crippen LogP contribution in [0.5, 0.6) is 11.5 Å². The van der Waals surface area contributed by atoms with E-state index in [4.69, 9.17) is 13.9 Å². The molecule has 0 spiro atoms. The van der Waals surface area contributed by atoms with E-state index in [0.29, 0.717) is 17.4 Å². The Hall–Kier alpha value is -2.50. The lowest BCUT2D eigenvalue weighted by atomic mass is 10.1. The van der Waals surface area contributed by atoms with Crippen molar-refractivity contribution in [1.29, 1.82) is 0 Å². The third-order valence-electron chi connectivity index (χ3n) is 3.11. The van der Waals surface area contributed by atoms with Gasteiger partial charge >= 0.3 is 0 Å². The Morgan fingerprint density at radius 3 is 2.57 bits per heavy atom. The SMILES string of the molecule is COc1ccc([C@@H](C)NC(=O)c2coc(C)n2)cc1OC. The van der Waals surface area contributed by atoms with Gasteiger partial charge in [-0.05, 0) is 24.6 Å². The summed E-state index contributed by atoms with van der Waals surface area (Å²) < 4.78 is 15.5. The highest BCUT2D eigenvalue weighted by Gasteiger charge is 2.16. The van der Waals surface area contributed by atoms with Gasteiger partial charge in [0.1, 0.15) is 6.26 Å². The lowest BCUT2D eigenvalue weighted by molar-refractivity contribution is 0.0934. The predicted molar refractivity (Wildman–Crippen MR) is 76.7 cm³/mol. The van der Waals surface area contributed by atoms with E-state index in [-0.39, 0.29) is 17.6 Å². The van der Waals surface area contributed by atoms with Crippen molar-refractivity contribution in [3.05, 3.63) is 41.6 Å². The van der Waals surface area contributed by atoms with Crippen LogP contribution >= 0.6 is 0 Å². The molecule has 6 nitrogen and oxygen atoms in total. The Morgan fingerprint density at radius 1 is 1.29 bits per heavy atom. The van der Waals surface area contributed by atoms with Crippen LogP contribution in [0.25, 0.3) is 0 Å². The Bertz CT molecular complexity index is 636. The number of nitrogens with zero attached hydrogens (tertiary/aromatic N) is 1. The molecule has 1 atom stereocenters. The number of amides is 1. The van der Waals surface area contributed by atoms with Crippen LogP contribution in [0.3, 0.4) is 0 Å². The Balaban J connectivity index is 2.13. The van der Waals surface area contributed by atoms with Gasteiger partial charge in [-0.2, -0.15) is 0 Å². The molecule has 0 saturated heterocycles. The van der Waals surface area contributed by atoms with Crippen molar-refractivity contribution >= 4 is 5.91 Å². The highest BCUT2D eigenvalue weighted by molar-refractivity contribution is 5.92. The summed E-state index contributed by atoms with van der Waals surface area (Å²) in [6.45, 7) is 3.57. The van der Waals surface area contributed by atoms with Crippen LogP contribution < -0.4 is 14.8 Å². The minimum Gasteiger partial charge on any atom is -0.493 e. The molecule has 0 unspecified atom stereocenters. The van der Waals surface area contributed by atoms with Crippen LogP contribution in [0.1, 0.15) is 34.9 Å². The normalized spacial score (nSPS) is 11.8. The highest BCUT2D eigenvalue weighted by atomic mass is 16.5. The zero-order valence-corrected chi connectivity index (χ0v) is 12.5. The molecular weight excluding hydrogens is 272 g/mol. The maximum atomic E-state index is 12.0. The third-order valence-corrected chi connectivity index (χ3v) is 3.11. The summed E-state index contributed by atoms with van der Waals surface area (Å²) in [5.41, 5.74) is 1.17. The molecule has 21 heavy (non-hydrogen) atoms. The molecule has 6 heteroatoms. The van der Waals surface area contributed by atoms with Crippen LogP contribution in [0.2, 0.25) is 0 Å². The van der Waals surface area contributed by atoms with E-state index < -0.39 is 0 Å². The predicted octanol–water partition coefficient (Wildman–Crippen LogP) is 2.49. The first-order valence-electron chi connectivity index (χ1n) is 6.50. The summed E-state index contributed by atoms with van der Waals surface area (Å²) in [6, 6.07) is 5.31. The second kappa shape index (κ2) is 6.30. The molecule has 0 radical (unpaired) electrons. The molecule has 2 aromatic rings. The Kier molecular flexibility index (Phi) is 4.47. The molecule has 0 aliphatic heterocycles. The second-order valence-corrected chi connectivity index (χ2v) is 4.56. The van der Waals surface area contributed by atoms with Crippen LogP contribution in [0.15, 0.2) is 28.9 Å². The Labute approximate surface area is 123 Å². The summed E-state index contributed by atoms with van der Waals surface area (Å²) in [4.78, 5) is 16.0. The average Bonchev–Trinajstić information content (AvgIpc) is 2.93. The number of aryl methyl sites for hydroxylation is 1. The number of hydrogen-bond acceptors (Lipinski definition) is 5. The lowest BCUT2D eigenvalue weighted by Crippen LogP contribution is -2.26. The van der Waals surface area contributed by atoms with Crippen LogP contribution in [0.4, 0.5) is 0 Å². The number of nitrogens with one attached hydrogen (secondary N) is 1. The van der Waals surface area contributed by atoms with E-state index in [9.17, 15) is 4.79 Å². The Morgan fingerprint density at radius 2 is 2.00 bits per heavy atom. The third kappa shape index (κ3) is 3.34. The van der Waals surface area contributed by atoms with Gasteiger partial charge in [0.05, 0.1) is 20.3 Å². The minimum absolute atomic E-state index is 0.200. The fourth-order valence-corrected chi connectivity index (χ4v) is 1.94. The summed E-state index contributed by atoms with van der Waals surface area (Å²) in [5.74, 6) is 1.44. The first-order chi connectivity index (χ1) is 10.0. The number of rotatable bonds is 5. The minimum atomic E-state index is -0.283. The van der Waals surface area contributed by atoms with Gasteiger partial charge < -0.3 is 19.2 Å². The molecule has 1 aromatic carbocycles. The summed E-state index contributed by atoms with van der Waals surface area (Å²) >= 11 is 0. The van der Waals surface area contributed by atoms with Gasteiger partial charge in [-0.3, -0.25) is 4.79 Å². The standard InChI is InChI=1S/C15H18N2O4/c1-9(16-15(18)12-8-21-10(2)17-12)11-5-6-13(19-3)14(7-11)20-4/h5-9H,1-4H3,(H,16,18)/t9-/m1/s1. The number of hydrogen-bond donors (Lipinski definition) is 1. The van der Waals surface area contributed by atoms with Gasteiger partial charge in [-0.25, -0.2) is 4.98 Å². The van der Waals surface area contributed by atoms with Gasteiger partial charge in [-0.1, -0.05) is 6.07 Å². The van der Waals surface area contributed by atoms with Crippen LogP contribution in [-0.4, -0.2) is 25.1 Å². The van der Waals surface area contributed by atoms with Crippen LogP contribution in [-0.2, 0) is 0 Å². The lowest BCUT2D eigenvalue weighted by Gasteiger charge is -2.15. The van der Waals surface area contributed by atoms with Gasteiger partial charge in [-0.15, -0.1) is 0 Å². The van der Waals surface area contributed by atoms with E-state index in [0.717, 1.165) is 5.56 Å². The van der Waals surface area contributed by atoms with Crippen molar-refractivity contribution in [3.8, 4) is 11.5 Å². The van der Waals surface area contributed by atoms with E-state index in [1.807, 2.05) is 19.1 Å². The van der Waals surface area contributed by atoms with Gasteiger partial charge in [0.2, 0.25) is 0 Å². The van der Waals surface area contributed by atoms with Gasteiger partial charge in [0.15, 0.2) is 23.1 Å². The van der Waals surface area contributed by atoms with E-state index in [2.05, 4.69) is 10.3 Å². The van der Waals surface area contributed by atoms with Crippen molar-refractivity contribution in [2.45, 2.75) is 19.9 Å². The maximum Gasteiger partial charge on any atom is 0.273 e. The fraction of sp³-hybridized carbons (Fsp3) is 0.333. The topological polar surface area (TPSA) is 73.6 Å². The largest absolute Gasteiger partial charge is 0.493 e. The van der Waals surface area contributed by atoms with Crippen molar-refractivity contribution < 1.29 is 18.7 Å². The monoisotopic (exact) mass is 290 g/mol. The molecule has 1 aromatic heterocycles. The molecule has 0 saturated carbocycles. The molecule has 1 amide bonds. The zero-order valence-electron chi connectivity index (χ0n) is 12.5. The van der Waals surface area contributed by atoms with Crippen molar-refractivity contribution in [2.24, 2.45) is 0 Å². The van der Waals surface area contributed by atoms with Gasteiger partial charge in [0, 0.05) is 6.92 Å². The highest BCUT2D eigenvalue weighted by Crippen LogP contribution is 2.29. The number of carbonyl (C=O) groups excluding carboxylic acids is 1.